The average Bonchev–Trinajstić information content (AvgIpc) is 2.15. The highest BCUT2D eigenvalue weighted by Crippen LogP contribution is 2.30. The van der Waals surface area contributed by atoms with Crippen molar-refractivity contribution in [2.24, 2.45) is 5.92 Å². The molecule has 3 atom stereocenters. The lowest BCUT2D eigenvalue weighted by molar-refractivity contribution is 0.0305. The third-order valence-electron chi connectivity index (χ3n) is 3.91. The van der Waals surface area contributed by atoms with Crippen molar-refractivity contribution in [1.82, 2.24) is 4.90 Å². The Hall–Kier alpha value is -0.0400. The molecule has 1 aliphatic rings. The molecule has 0 aromatic heterocycles. The molecule has 0 saturated carbocycles. The Labute approximate surface area is 89.9 Å². The minimum atomic E-state index is 0.712. The van der Waals surface area contributed by atoms with Crippen molar-refractivity contribution in [3.8, 4) is 0 Å². The van der Waals surface area contributed by atoms with Crippen LogP contribution in [-0.2, 0) is 0 Å². The summed E-state index contributed by atoms with van der Waals surface area (Å²) in [6.07, 6.45) is 5.56. The van der Waals surface area contributed by atoms with E-state index >= 15 is 0 Å². The lowest BCUT2D eigenvalue weighted by atomic mass is 9.86. The number of hydrogen-bond donors (Lipinski definition) is 0. The molecule has 0 aliphatic carbocycles. The van der Waals surface area contributed by atoms with Crippen molar-refractivity contribution in [1.29, 1.82) is 0 Å². The Morgan fingerprint density at radius 3 is 2.36 bits per heavy atom. The summed E-state index contributed by atoms with van der Waals surface area (Å²) in [5, 5.41) is 0. The zero-order chi connectivity index (χ0) is 10.7. The second-order valence-electron chi connectivity index (χ2n) is 5.27. The lowest BCUT2D eigenvalue weighted by Gasteiger charge is -2.46. The number of likely N-dealkylation sites (tertiary alicyclic amines) is 1. The predicted molar refractivity (Wildman–Crippen MR) is 63.5 cm³/mol. The Balaban J connectivity index is 2.69. The van der Waals surface area contributed by atoms with Crippen LogP contribution in [0, 0.1) is 5.92 Å². The zero-order valence-corrected chi connectivity index (χ0v) is 10.6. The number of rotatable bonds is 3. The highest BCUT2D eigenvalue weighted by Gasteiger charge is 2.32. The van der Waals surface area contributed by atoms with Gasteiger partial charge in [-0.2, -0.15) is 0 Å². The van der Waals surface area contributed by atoms with E-state index in [-0.39, 0.29) is 0 Å². The van der Waals surface area contributed by atoms with Crippen LogP contribution < -0.4 is 0 Å². The topological polar surface area (TPSA) is 3.24 Å². The van der Waals surface area contributed by atoms with E-state index in [4.69, 9.17) is 0 Å². The first kappa shape index (κ1) is 12.0. The van der Waals surface area contributed by atoms with Crippen LogP contribution in [0.4, 0.5) is 0 Å². The van der Waals surface area contributed by atoms with Gasteiger partial charge in [-0.1, -0.05) is 26.7 Å². The second-order valence-corrected chi connectivity index (χ2v) is 5.27. The van der Waals surface area contributed by atoms with Gasteiger partial charge < -0.3 is 0 Å². The maximum Gasteiger partial charge on any atom is 0.0126 e. The summed E-state index contributed by atoms with van der Waals surface area (Å²) < 4.78 is 0. The van der Waals surface area contributed by atoms with Crippen LogP contribution in [0.25, 0.3) is 0 Å². The van der Waals surface area contributed by atoms with Gasteiger partial charge in [0.25, 0.3) is 0 Å². The van der Waals surface area contributed by atoms with E-state index in [0.29, 0.717) is 6.04 Å². The van der Waals surface area contributed by atoms with Crippen LogP contribution in [0.15, 0.2) is 0 Å². The third kappa shape index (κ3) is 2.50. The minimum Gasteiger partial charge on any atom is -0.295 e. The quantitative estimate of drug-likeness (QED) is 0.667. The summed E-state index contributed by atoms with van der Waals surface area (Å²) in [7, 11) is 0. The molecule has 0 radical (unpaired) electrons. The molecule has 0 N–H and O–H groups in total. The van der Waals surface area contributed by atoms with Gasteiger partial charge in [0, 0.05) is 18.1 Å². The minimum absolute atomic E-state index is 0.712. The summed E-state index contributed by atoms with van der Waals surface area (Å²) in [6, 6.07) is 2.34. The predicted octanol–water partition coefficient (Wildman–Crippen LogP) is 3.68. The van der Waals surface area contributed by atoms with Gasteiger partial charge in [-0.15, -0.1) is 0 Å². The van der Waals surface area contributed by atoms with Gasteiger partial charge in [0.05, 0.1) is 0 Å². The number of hydrogen-bond acceptors (Lipinski definition) is 1. The zero-order valence-electron chi connectivity index (χ0n) is 10.6. The maximum absolute atomic E-state index is 2.75. The Morgan fingerprint density at radius 2 is 1.86 bits per heavy atom. The molecular weight excluding hydrogens is 170 g/mol. The van der Waals surface area contributed by atoms with Gasteiger partial charge >= 0.3 is 0 Å². The first-order valence-electron chi connectivity index (χ1n) is 6.35. The normalized spacial score (nSPS) is 32.1. The van der Waals surface area contributed by atoms with Gasteiger partial charge in [0.2, 0.25) is 0 Å². The van der Waals surface area contributed by atoms with E-state index in [1.807, 2.05) is 0 Å². The highest BCUT2D eigenvalue weighted by molar-refractivity contribution is 4.86. The van der Waals surface area contributed by atoms with Crippen molar-refractivity contribution in [3.05, 3.63) is 0 Å². The van der Waals surface area contributed by atoms with Gasteiger partial charge in [0.15, 0.2) is 0 Å². The van der Waals surface area contributed by atoms with Crippen LogP contribution in [0.3, 0.4) is 0 Å². The average molecular weight is 197 g/mol. The molecule has 84 valence electrons. The second kappa shape index (κ2) is 5.16. The molecule has 0 spiro atoms. The molecule has 0 aromatic carbocycles. The van der Waals surface area contributed by atoms with E-state index in [0.717, 1.165) is 18.0 Å². The van der Waals surface area contributed by atoms with E-state index in [9.17, 15) is 0 Å². The van der Waals surface area contributed by atoms with Crippen molar-refractivity contribution in [2.75, 3.05) is 0 Å². The standard InChI is InChI=1S/C13H27N/c1-6-11(4)13-9-7-8-12(5)14(13)10(2)3/h10-13H,6-9H2,1-5H3. The summed E-state index contributed by atoms with van der Waals surface area (Å²) in [4.78, 5) is 2.75. The van der Waals surface area contributed by atoms with Crippen molar-refractivity contribution >= 4 is 0 Å². The first-order chi connectivity index (χ1) is 6.57. The molecular formula is C13H27N. The van der Waals surface area contributed by atoms with Crippen molar-refractivity contribution in [2.45, 2.75) is 78.4 Å². The first-order valence-corrected chi connectivity index (χ1v) is 6.35. The third-order valence-corrected chi connectivity index (χ3v) is 3.91. The van der Waals surface area contributed by atoms with E-state index < -0.39 is 0 Å². The number of nitrogens with zero attached hydrogens (tertiary/aromatic N) is 1. The molecule has 1 rings (SSSR count). The summed E-state index contributed by atoms with van der Waals surface area (Å²) in [5.41, 5.74) is 0. The molecule has 0 amide bonds. The van der Waals surface area contributed by atoms with Gasteiger partial charge in [-0.05, 0) is 39.5 Å². The Bertz CT molecular complexity index is 165. The molecule has 0 bridgehead atoms. The molecule has 0 aromatic rings. The molecule has 1 heteroatoms. The van der Waals surface area contributed by atoms with Crippen LogP contribution >= 0.6 is 0 Å². The monoisotopic (exact) mass is 197 g/mol. The van der Waals surface area contributed by atoms with E-state index in [1.165, 1.54) is 25.7 Å². The molecule has 1 fully saturated rings. The highest BCUT2D eigenvalue weighted by atomic mass is 15.2. The van der Waals surface area contributed by atoms with E-state index in [2.05, 4.69) is 39.5 Å². The molecule has 1 nitrogen and oxygen atoms in total. The van der Waals surface area contributed by atoms with Crippen molar-refractivity contribution < 1.29 is 0 Å². The fraction of sp³-hybridized carbons (Fsp3) is 1.00. The molecule has 3 unspecified atom stereocenters. The van der Waals surface area contributed by atoms with Crippen LogP contribution in [0.2, 0.25) is 0 Å². The van der Waals surface area contributed by atoms with Gasteiger partial charge in [-0.25, -0.2) is 0 Å². The Morgan fingerprint density at radius 1 is 1.21 bits per heavy atom. The van der Waals surface area contributed by atoms with Gasteiger partial charge in [0.1, 0.15) is 0 Å². The maximum atomic E-state index is 2.75. The SMILES string of the molecule is CCC(C)C1CCCC(C)N1C(C)C. The summed E-state index contributed by atoms with van der Waals surface area (Å²) in [5.74, 6) is 0.861. The lowest BCUT2D eigenvalue weighted by Crippen LogP contribution is -2.51. The largest absolute Gasteiger partial charge is 0.295 e. The van der Waals surface area contributed by atoms with Crippen LogP contribution in [-0.4, -0.2) is 23.0 Å². The van der Waals surface area contributed by atoms with Crippen molar-refractivity contribution in [3.63, 3.8) is 0 Å². The molecule has 14 heavy (non-hydrogen) atoms. The van der Waals surface area contributed by atoms with Crippen LogP contribution in [0.5, 0.6) is 0 Å². The van der Waals surface area contributed by atoms with E-state index in [1.54, 1.807) is 0 Å². The fourth-order valence-corrected chi connectivity index (χ4v) is 2.99. The Kier molecular flexibility index (Phi) is 4.43. The number of piperidine rings is 1. The molecule has 1 heterocycles. The smallest absolute Gasteiger partial charge is 0.0126 e. The van der Waals surface area contributed by atoms with Crippen LogP contribution in [0.1, 0.15) is 60.3 Å². The van der Waals surface area contributed by atoms with Gasteiger partial charge in [-0.3, -0.25) is 4.90 Å². The molecule has 1 saturated heterocycles. The summed E-state index contributed by atoms with van der Waals surface area (Å²) in [6.45, 7) is 11.8. The summed E-state index contributed by atoms with van der Waals surface area (Å²) >= 11 is 0. The fourth-order valence-electron chi connectivity index (χ4n) is 2.99. The molecule has 1 aliphatic heterocycles.